The van der Waals surface area contributed by atoms with Crippen molar-refractivity contribution in [3.8, 4) is 5.75 Å². The molecule has 5 heteroatoms. The van der Waals surface area contributed by atoms with E-state index in [1.54, 1.807) is 0 Å². The van der Waals surface area contributed by atoms with Gasteiger partial charge in [-0.2, -0.15) is 0 Å². The Morgan fingerprint density at radius 1 is 1.00 bits per heavy atom. The second-order valence-corrected chi connectivity index (χ2v) is 8.05. The lowest BCUT2D eigenvalue weighted by atomic mass is 10.0. The van der Waals surface area contributed by atoms with Crippen molar-refractivity contribution < 1.29 is 14.3 Å². The maximum atomic E-state index is 12.9. The van der Waals surface area contributed by atoms with Crippen molar-refractivity contribution in [3.05, 3.63) is 60.2 Å². The maximum Gasteiger partial charge on any atom is 0.251 e. The summed E-state index contributed by atoms with van der Waals surface area (Å²) in [5.41, 5.74) is 1.43. The fourth-order valence-corrected chi connectivity index (χ4v) is 3.57. The van der Waals surface area contributed by atoms with E-state index >= 15 is 0 Å². The molecule has 5 nitrogen and oxygen atoms in total. The second-order valence-electron chi connectivity index (χ2n) is 8.05. The van der Waals surface area contributed by atoms with Gasteiger partial charge in [-0.05, 0) is 61.4 Å². The van der Waals surface area contributed by atoms with E-state index in [1.807, 2.05) is 68.4 Å². The Balaban J connectivity index is 1.66. The number of hydrogen-bond acceptors (Lipinski definition) is 3. The van der Waals surface area contributed by atoms with E-state index in [-0.39, 0.29) is 17.7 Å². The molecular formula is C24H30N2O3. The maximum absolute atomic E-state index is 12.9. The molecule has 29 heavy (non-hydrogen) atoms. The second kappa shape index (κ2) is 10.1. The summed E-state index contributed by atoms with van der Waals surface area (Å²) in [5.74, 6) is 0.642. The molecule has 0 spiro atoms. The molecular weight excluding hydrogens is 364 g/mol. The van der Waals surface area contributed by atoms with Crippen LogP contribution in [0.5, 0.6) is 5.75 Å². The molecule has 2 amide bonds. The van der Waals surface area contributed by atoms with Crippen LogP contribution < -0.4 is 15.4 Å². The highest BCUT2D eigenvalue weighted by Crippen LogP contribution is 2.25. The van der Waals surface area contributed by atoms with Gasteiger partial charge in [0.1, 0.15) is 11.8 Å². The fraction of sp³-hybridized carbons (Fsp3) is 0.417. The van der Waals surface area contributed by atoms with Gasteiger partial charge in [-0.25, -0.2) is 0 Å². The summed E-state index contributed by atoms with van der Waals surface area (Å²) >= 11 is 0. The van der Waals surface area contributed by atoms with E-state index in [2.05, 4.69) is 10.6 Å². The van der Waals surface area contributed by atoms with Crippen LogP contribution in [-0.2, 0) is 9.59 Å². The number of amides is 2. The number of nitrogens with one attached hydrogen (secondary N) is 2. The minimum atomic E-state index is -0.739. The lowest BCUT2D eigenvalue weighted by Crippen LogP contribution is -2.37. The summed E-state index contributed by atoms with van der Waals surface area (Å²) in [5, 5.41) is 5.78. The first-order valence-corrected chi connectivity index (χ1v) is 10.4. The first-order valence-electron chi connectivity index (χ1n) is 10.4. The SMILES string of the molecule is CC(C)CC(=O)NC(C(=O)Nc1ccc(OC2CCCC2)cc1)c1ccccc1. The number of carbonyl (C=O) groups is 2. The monoisotopic (exact) mass is 394 g/mol. The highest BCUT2D eigenvalue weighted by molar-refractivity contribution is 5.97. The Morgan fingerprint density at radius 3 is 2.28 bits per heavy atom. The van der Waals surface area contributed by atoms with Crippen molar-refractivity contribution in [2.75, 3.05) is 5.32 Å². The standard InChI is InChI=1S/C24H30N2O3/c1-17(2)16-22(27)26-23(18-8-4-3-5-9-18)24(28)25-19-12-14-21(15-13-19)29-20-10-6-7-11-20/h3-5,8-9,12-15,17,20,23H,6-7,10-11,16H2,1-2H3,(H,25,28)(H,26,27). The molecule has 1 aliphatic rings. The van der Waals surface area contributed by atoms with Crippen molar-refractivity contribution >= 4 is 17.5 Å². The van der Waals surface area contributed by atoms with Gasteiger partial charge in [-0.3, -0.25) is 9.59 Å². The molecule has 154 valence electrons. The molecule has 1 unspecified atom stereocenters. The van der Waals surface area contributed by atoms with Crippen molar-refractivity contribution in [3.63, 3.8) is 0 Å². The molecule has 0 bridgehead atoms. The van der Waals surface area contributed by atoms with Gasteiger partial charge in [0.05, 0.1) is 6.10 Å². The summed E-state index contributed by atoms with van der Waals surface area (Å²) in [7, 11) is 0. The topological polar surface area (TPSA) is 67.4 Å². The molecule has 0 aliphatic heterocycles. The van der Waals surface area contributed by atoms with E-state index in [0.717, 1.165) is 24.2 Å². The van der Waals surface area contributed by atoms with Crippen molar-refractivity contribution in [1.29, 1.82) is 0 Å². The van der Waals surface area contributed by atoms with Crippen LogP contribution in [0, 0.1) is 5.92 Å². The van der Waals surface area contributed by atoms with Crippen LogP contribution >= 0.6 is 0 Å². The molecule has 1 aliphatic carbocycles. The molecule has 1 atom stereocenters. The van der Waals surface area contributed by atoms with E-state index < -0.39 is 6.04 Å². The first-order chi connectivity index (χ1) is 14.0. The lowest BCUT2D eigenvalue weighted by Gasteiger charge is -2.20. The van der Waals surface area contributed by atoms with Gasteiger partial charge < -0.3 is 15.4 Å². The smallest absolute Gasteiger partial charge is 0.251 e. The number of benzene rings is 2. The lowest BCUT2D eigenvalue weighted by molar-refractivity contribution is -0.127. The Hall–Kier alpha value is -2.82. The Morgan fingerprint density at radius 2 is 1.66 bits per heavy atom. The van der Waals surface area contributed by atoms with E-state index in [4.69, 9.17) is 4.74 Å². The summed E-state index contributed by atoms with van der Waals surface area (Å²) in [4.78, 5) is 25.2. The minimum Gasteiger partial charge on any atom is -0.490 e. The molecule has 0 radical (unpaired) electrons. The van der Waals surface area contributed by atoms with Crippen molar-refractivity contribution in [2.24, 2.45) is 5.92 Å². The number of hydrogen-bond donors (Lipinski definition) is 2. The summed E-state index contributed by atoms with van der Waals surface area (Å²) in [6, 6.07) is 16.0. The van der Waals surface area contributed by atoms with Crippen LogP contribution in [0.1, 0.15) is 57.6 Å². The number of rotatable bonds is 8. The Kier molecular flexibility index (Phi) is 7.28. The van der Waals surface area contributed by atoms with E-state index in [1.165, 1.54) is 12.8 Å². The van der Waals surface area contributed by atoms with Crippen LogP contribution in [0.3, 0.4) is 0 Å². The molecule has 0 saturated heterocycles. The molecule has 0 aromatic heterocycles. The van der Waals surface area contributed by atoms with Crippen LogP contribution in [0.25, 0.3) is 0 Å². The molecule has 1 saturated carbocycles. The molecule has 2 N–H and O–H groups in total. The predicted molar refractivity (Wildman–Crippen MR) is 115 cm³/mol. The van der Waals surface area contributed by atoms with Crippen LogP contribution in [0.4, 0.5) is 5.69 Å². The van der Waals surface area contributed by atoms with Crippen LogP contribution in [-0.4, -0.2) is 17.9 Å². The largest absolute Gasteiger partial charge is 0.490 e. The van der Waals surface area contributed by atoms with Gasteiger partial charge in [0, 0.05) is 12.1 Å². The molecule has 2 aromatic carbocycles. The molecule has 0 heterocycles. The number of carbonyl (C=O) groups excluding carboxylic acids is 2. The third kappa shape index (κ3) is 6.34. The van der Waals surface area contributed by atoms with Crippen LogP contribution in [0.2, 0.25) is 0 Å². The zero-order valence-corrected chi connectivity index (χ0v) is 17.2. The highest BCUT2D eigenvalue weighted by Gasteiger charge is 2.23. The molecule has 2 aromatic rings. The summed E-state index contributed by atoms with van der Waals surface area (Å²) < 4.78 is 5.97. The Labute approximate surface area is 172 Å². The summed E-state index contributed by atoms with van der Waals surface area (Å²) in [6.07, 6.45) is 5.34. The zero-order chi connectivity index (χ0) is 20.6. The highest BCUT2D eigenvalue weighted by atomic mass is 16.5. The third-order valence-electron chi connectivity index (χ3n) is 5.02. The first kappa shape index (κ1) is 20.9. The number of anilines is 1. The van der Waals surface area contributed by atoms with Crippen molar-refractivity contribution in [1.82, 2.24) is 5.32 Å². The average molecular weight is 395 g/mol. The van der Waals surface area contributed by atoms with Gasteiger partial charge in [-0.15, -0.1) is 0 Å². The van der Waals surface area contributed by atoms with Gasteiger partial charge >= 0.3 is 0 Å². The molecule has 3 rings (SSSR count). The van der Waals surface area contributed by atoms with E-state index in [9.17, 15) is 9.59 Å². The third-order valence-corrected chi connectivity index (χ3v) is 5.02. The normalized spacial score (nSPS) is 15.1. The van der Waals surface area contributed by atoms with E-state index in [0.29, 0.717) is 18.2 Å². The minimum absolute atomic E-state index is 0.135. The summed E-state index contributed by atoms with van der Waals surface area (Å²) in [6.45, 7) is 3.96. The zero-order valence-electron chi connectivity index (χ0n) is 17.2. The average Bonchev–Trinajstić information content (AvgIpc) is 3.21. The Bertz CT molecular complexity index is 797. The predicted octanol–water partition coefficient (Wildman–Crippen LogP) is 4.85. The number of ether oxygens (including phenoxy) is 1. The van der Waals surface area contributed by atoms with Gasteiger partial charge in [0.15, 0.2) is 0 Å². The quantitative estimate of drug-likeness (QED) is 0.672. The van der Waals surface area contributed by atoms with Crippen LogP contribution in [0.15, 0.2) is 54.6 Å². The fourth-order valence-electron chi connectivity index (χ4n) is 3.57. The van der Waals surface area contributed by atoms with Crippen molar-refractivity contribution in [2.45, 2.75) is 58.1 Å². The van der Waals surface area contributed by atoms with Gasteiger partial charge in [0.25, 0.3) is 5.91 Å². The van der Waals surface area contributed by atoms with Gasteiger partial charge in [0.2, 0.25) is 5.91 Å². The van der Waals surface area contributed by atoms with Gasteiger partial charge in [-0.1, -0.05) is 44.2 Å². The molecule has 1 fully saturated rings.